The zero-order valence-electron chi connectivity index (χ0n) is 14.9. The summed E-state index contributed by atoms with van der Waals surface area (Å²) in [6.45, 7) is 1.34. The standard InChI is InChI=1S/C22H15F2N3O/c1-13(28)21-19(15-6-4-7-16(23)20(15)24)22(11-25,12-26)18-10-9-14-5-2-3-8-17(14)27(18)21/h2-10,18-19,21H,1H3. The predicted octanol–water partition coefficient (Wildman–Crippen LogP) is 3.96. The van der Waals surface area contributed by atoms with Crippen LogP contribution < -0.4 is 4.90 Å². The number of para-hydroxylation sites is 1. The van der Waals surface area contributed by atoms with Crippen LogP contribution in [0.15, 0.2) is 48.5 Å². The number of anilines is 1. The van der Waals surface area contributed by atoms with E-state index in [1.54, 1.807) is 29.2 Å². The van der Waals surface area contributed by atoms with E-state index in [2.05, 4.69) is 0 Å². The maximum absolute atomic E-state index is 14.7. The Morgan fingerprint density at radius 2 is 1.82 bits per heavy atom. The van der Waals surface area contributed by atoms with E-state index in [-0.39, 0.29) is 11.3 Å². The highest BCUT2D eigenvalue weighted by Crippen LogP contribution is 2.55. The molecule has 6 heteroatoms. The number of nitriles is 2. The molecule has 0 aliphatic carbocycles. The molecule has 0 radical (unpaired) electrons. The molecule has 0 saturated carbocycles. The number of benzene rings is 2. The molecule has 2 aromatic rings. The van der Waals surface area contributed by atoms with Gasteiger partial charge in [-0.15, -0.1) is 0 Å². The first-order chi connectivity index (χ1) is 13.5. The number of hydrogen-bond acceptors (Lipinski definition) is 4. The van der Waals surface area contributed by atoms with Crippen LogP contribution >= 0.6 is 0 Å². The van der Waals surface area contributed by atoms with E-state index < -0.39 is 35.1 Å². The minimum absolute atomic E-state index is 0.136. The Morgan fingerprint density at radius 3 is 2.50 bits per heavy atom. The van der Waals surface area contributed by atoms with E-state index in [1.165, 1.54) is 19.1 Å². The number of halogens is 2. The third-order valence-corrected chi connectivity index (χ3v) is 5.65. The number of ketones is 1. The monoisotopic (exact) mass is 375 g/mol. The van der Waals surface area contributed by atoms with Gasteiger partial charge in [-0.1, -0.05) is 42.5 Å². The van der Waals surface area contributed by atoms with Crippen molar-refractivity contribution >= 4 is 17.5 Å². The highest BCUT2D eigenvalue weighted by molar-refractivity contribution is 5.91. The molecule has 3 unspecified atom stereocenters. The van der Waals surface area contributed by atoms with Gasteiger partial charge in [-0.25, -0.2) is 8.78 Å². The molecule has 0 bridgehead atoms. The smallest absolute Gasteiger partial charge is 0.176 e. The van der Waals surface area contributed by atoms with E-state index in [9.17, 15) is 24.1 Å². The number of fused-ring (bicyclic) bond motifs is 3. The third-order valence-electron chi connectivity index (χ3n) is 5.65. The average molecular weight is 375 g/mol. The maximum Gasteiger partial charge on any atom is 0.176 e. The Balaban J connectivity index is 2.04. The largest absolute Gasteiger partial charge is 0.351 e. The summed E-state index contributed by atoms with van der Waals surface area (Å²) in [5.74, 6) is -3.68. The van der Waals surface area contributed by atoms with Crippen molar-refractivity contribution in [1.29, 1.82) is 10.5 Å². The molecule has 138 valence electrons. The van der Waals surface area contributed by atoms with Crippen LogP contribution in [-0.4, -0.2) is 17.9 Å². The molecule has 0 N–H and O–H groups in total. The van der Waals surface area contributed by atoms with E-state index in [0.29, 0.717) is 5.69 Å². The van der Waals surface area contributed by atoms with Gasteiger partial charge in [0.2, 0.25) is 0 Å². The lowest BCUT2D eigenvalue weighted by Crippen LogP contribution is -2.43. The summed E-state index contributed by atoms with van der Waals surface area (Å²) < 4.78 is 28.7. The van der Waals surface area contributed by atoms with Gasteiger partial charge in [0.15, 0.2) is 22.8 Å². The fourth-order valence-electron chi connectivity index (χ4n) is 4.49. The summed E-state index contributed by atoms with van der Waals surface area (Å²) in [5, 5.41) is 20.1. The minimum atomic E-state index is -1.75. The lowest BCUT2D eigenvalue weighted by Gasteiger charge is -2.35. The van der Waals surface area contributed by atoms with Crippen molar-refractivity contribution in [3.05, 3.63) is 71.3 Å². The van der Waals surface area contributed by atoms with Gasteiger partial charge in [-0.05, 0) is 30.2 Å². The zero-order valence-corrected chi connectivity index (χ0v) is 14.9. The van der Waals surface area contributed by atoms with Gasteiger partial charge in [-0.2, -0.15) is 10.5 Å². The van der Waals surface area contributed by atoms with Gasteiger partial charge >= 0.3 is 0 Å². The molecule has 1 saturated heterocycles. The zero-order chi connectivity index (χ0) is 20.1. The fourth-order valence-corrected chi connectivity index (χ4v) is 4.49. The van der Waals surface area contributed by atoms with Crippen molar-refractivity contribution in [2.45, 2.75) is 24.9 Å². The van der Waals surface area contributed by atoms with Crippen molar-refractivity contribution in [3.63, 3.8) is 0 Å². The van der Waals surface area contributed by atoms with Gasteiger partial charge in [0, 0.05) is 11.6 Å². The molecule has 4 nitrogen and oxygen atoms in total. The molecule has 2 aromatic carbocycles. The molecular formula is C22H15F2N3O. The van der Waals surface area contributed by atoms with Gasteiger partial charge in [-0.3, -0.25) is 4.79 Å². The van der Waals surface area contributed by atoms with Crippen LogP contribution in [0.3, 0.4) is 0 Å². The number of carbonyl (C=O) groups excluding carboxylic acids is 1. The number of rotatable bonds is 2. The number of nitrogens with zero attached hydrogens (tertiary/aromatic N) is 3. The molecule has 0 aromatic heterocycles. The van der Waals surface area contributed by atoms with Crippen LogP contribution in [0.25, 0.3) is 6.08 Å². The molecule has 1 fully saturated rings. The molecule has 3 atom stereocenters. The normalized spacial score (nSPS) is 24.0. The molecule has 28 heavy (non-hydrogen) atoms. The Bertz CT molecular complexity index is 1080. The third kappa shape index (κ3) is 2.21. The summed E-state index contributed by atoms with van der Waals surface area (Å²) >= 11 is 0. The van der Waals surface area contributed by atoms with Crippen LogP contribution in [-0.2, 0) is 4.79 Å². The Hall–Kier alpha value is -3.51. The number of Topliss-reactive ketones (excluding diaryl/α,β-unsaturated/α-hetero) is 1. The average Bonchev–Trinajstić information content (AvgIpc) is 3.01. The van der Waals surface area contributed by atoms with Crippen molar-refractivity contribution in [2.75, 3.05) is 4.90 Å². The van der Waals surface area contributed by atoms with Crippen LogP contribution in [0.2, 0.25) is 0 Å². The first-order valence-corrected chi connectivity index (χ1v) is 8.78. The van der Waals surface area contributed by atoms with E-state index in [4.69, 9.17) is 0 Å². The maximum atomic E-state index is 14.7. The van der Waals surface area contributed by atoms with Gasteiger partial charge in [0.1, 0.15) is 0 Å². The molecule has 0 spiro atoms. The van der Waals surface area contributed by atoms with Crippen molar-refractivity contribution in [1.82, 2.24) is 0 Å². The Morgan fingerprint density at radius 1 is 1.11 bits per heavy atom. The predicted molar refractivity (Wildman–Crippen MR) is 99.0 cm³/mol. The molecule has 2 heterocycles. The number of hydrogen-bond donors (Lipinski definition) is 0. The Kier molecular flexibility index (Phi) is 4.01. The summed E-state index contributed by atoms with van der Waals surface area (Å²) in [6, 6.07) is 13.3. The number of carbonyl (C=O) groups is 1. The van der Waals surface area contributed by atoms with Gasteiger partial charge < -0.3 is 4.90 Å². The fraction of sp³-hybridized carbons (Fsp3) is 0.227. The summed E-state index contributed by atoms with van der Waals surface area (Å²) in [4.78, 5) is 14.4. The van der Waals surface area contributed by atoms with E-state index in [1.807, 2.05) is 24.3 Å². The SMILES string of the molecule is CC(=O)C1C(c2cccc(F)c2F)C(C#N)(C#N)C2C=Cc3ccccc3N12. The molecule has 0 amide bonds. The van der Waals surface area contributed by atoms with Gasteiger partial charge in [0.05, 0.1) is 24.2 Å². The van der Waals surface area contributed by atoms with Gasteiger partial charge in [0.25, 0.3) is 0 Å². The second kappa shape index (κ2) is 6.28. The van der Waals surface area contributed by atoms with E-state index >= 15 is 0 Å². The quantitative estimate of drug-likeness (QED) is 0.797. The minimum Gasteiger partial charge on any atom is -0.351 e. The first kappa shape index (κ1) is 17.9. The van der Waals surface area contributed by atoms with E-state index in [0.717, 1.165) is 11.6 Å². The molecule has 2 aliphatic heterocycles. The molecular weight excluding hydrogens is 360 g/mol. The Labute approximate surface area is 160 Å². The van der Waals surface area contributed by atoms with Crippen molar-refractivity contribution in [2.24, 2.45) is 5.41 Å². The van der Waals surface area contributed by atoms with Crippen LogP contribution in [0.1, 0.15) is 24.0 Å². The van der Waals surface area contributed by atoms with Crippen molar-refractivity contribution < 1.29 is 13.6 Å². The topological polar surface area (TPSA) is 67.9 Å². The molecule has 2 aliphatic rings. The van der Waals surface area contributed by atoms with Crippen LogP contribution in [0.4, 0.5) is 14.5 Å². The lowest BCUT2D eigenvalue weighted by atomic mass is 9.69. The summed E-state index contributed by atoms with van der Waals surface area (Å²) in [7, 11) is 0. The van der Waals surface area contributed by atoms with Crippen LogP contribution in [0.5, 0.6) is 0 Å². The first-order valence-electron chi connectivity index (χ1n) is 8.78. The lowest BCUT2D eigenvalue weighted by molar-refractivity contribution is -0.118. The second-order valence-corrected chi connectivity index (χ2v) is 7.04. The summed E-state index contributed by atoms with van der Waals surface area (Å²) in [5.41, 5.74) is -0.377. The van der Waals surface area contributed by atoms with Crippen LogP contribution in [0, 0.1) is 39.7 Å². The van der Waals surface area contributed by atoms with Crippen molar-refractivity contribution in [3.8, 4) is 12.1 Å². The second-order valence-electron chi connectivity index (χ2n) is 7.04. The highest BCUT2D eigenvalue weighted by atomic mass is 19.2. The highest BCUT2D eigenvalue weighted by Gasteiger charge is 2.63. The summed E-state index contributed by atoms with van der Waals surface area (Å²) in [6.07, 6.45) is 3.49. The molecule has 4 rings (SSSR count).